The summed E-state index contributed by atoms with van der Waals surface area (Å²) in [6.07, 6.45) is 2.11. The molecule has 0 radical (unpaired) electrons. The molecule has 0 aromatic carbocycles. The van der Waals surface area contributed by atoms with E-state index in [-0.39, 0.29) is 11.6 Å². The fraction of sp³-hybridized carbons (Fsp3) is 0.357. The molecule has 0 saturated heterocycles. The highest BCUT2D eigenvalue weighted by molar-refractivity contribution is 5.95. The monoisotopic (exact) mass is 292 g/mol. The molecule has 0 aliphatic heterocycles. The Morgan fingerprint density at radius 2 is 2.19 bits per heavy atom. The second kappa shape index (κ2) is 6.25. The van der Waals surface area contributed by atoms with Crippen LogP contribution in [0.15, 0.2) is 33.4 Å². The molecular weight excluding hydrogens is 276 g/mol. The molecule has 1 amide bonds. The number of carboxylic acids is 1. The maximum atomic E-state index is 12.0. The van der Waals surface area contributed by atoms with E-state index in [1.807, 2.05) is 6.92 Å². The van der Waals surface area contributed by atoms with Gasteiger partial charge in [-0.2, -0.15) is 0 Å². The highest BCUT2D eigenvalue weighted by Gasteiger charge is 2.27. The summed E-state index contributed by atoms with van der Waals surface area (Å²) in [5, 5.41) is 15.2. The van der Waals surface area contributed by atoms with Crippen LogP contribution < -0.4 is 5.32 Å². The van der Waals surface area contributed by atoms with E-state index in [1.165, 1.54) is 12.3 Å². The van der Waals surface area contributed by atoms with Crippen molar-refractivity contribution in [1.82, 2.24) is 10.5 Å². The molecule has 2 rings (SSSR count). The fourth-order valence-corrected chi connectivity index (χ4v) is 1.82. The number of nitrogens with zero attached hydrogens (tertiary/aromatic N) is 1. The van der Waals surface area contributed by atoms with E-state index in [1.54, 1.807) is 19.1 Å². The quantitative estimate of drug-likeness (QED) is 0.845. The average molecular weight is 292 g/mol. The number of aliphatic carboxylic acids is 1. The minimum Gasteiger partial charge on any atom is -0.480 e. The van der Waals surface area contributed by atoms with Gasteiger partial charge in [-0.1, -0.05) is 25.4 Å². The van der Waals surface area contributed by atoms with Gasteiger partial charge in [0.25, 0.3) is 5.91 Å². The van der Waals surface area contributed by atoms with Gasteiger partial charge in [-0.05, 0) is 18.1 Å². The lowest BCUT2D eigenvalue weighted by Crippen LogP contribution is -2.45. The van der Waals surface area contributed by atoms with Crippen LogP contribution in [0.5, 0.6) is 0 Å². The van der Waals surface area contributed by atoms with Crippen LogP contribution in [0.1, 0.15) is 30.8 Å². The molecule has 0 spiro atoms. The standard InChI is InChI=1S/C14H16N2O5/c1-3-8(2)12(14(18)19)15-13(17)9-7-11(21-16-9)10-5-4-6-20-10/h4-8,12H,3H2,1-2H3,(H,15,17)(H,18,19)/t8-,12-/m0/s1. The van der Waals surface area contributed by atoms with Crippen LogP contribution >= 0.6 is 0 Å². The normalized spacial score (nSPS) is 13.6. The van der Waals surface area contributed by atoms with Crippen molar-refractivity contribution in [3.05, 3.63) is 30.2 Å². The number of hydrogen-bond donors (Lipinski definition) is 2. The Hall–Kier alpha value is -2.57. The van der Waals surface area contributed by atoms with Gasteiger partial charge in [0.05, 0.1) is 6.26 Å². The number of furan rings is 1. The van der Waals surface area contributed by atoms with Crippen molar-refractivity contribution >= 4 is 11.9 Å². The van der Waals surface area contributed by atoms with Crippen molar-refractivity contribution < 1.29 is 23.6 Å². The highest BCUT2D eigenvalue weighted by Crippen LogP contribution is 2.20. The Kier molecular flexibility index (Phi) is 4.42. The lowest BCUT2D eigenvalue weighted by molar-refractivity contribution is -0.140. The molecule has 21 heavy (non-hydrogen) atoms. The first-order valence-electron chi connectivity index (χ1n) is 6.57. The summed E-state index contributed by atoms with van der Waals surface area (Å²) in [6.45, 7) is 3.62. The van der Waals surface area contributed by atoms with Gasteiger partial charge in [0.1, 0.15) is 6.04 Å². The van der Waals surface area contributed by atoms with Crippen LogP contribution in [0.25, 0.3) is 11.5 Å². The largest absolute Gasteiger partial charge is 0.480 e. The fourth-order valence-electron chi connectivity index (χ4n) is 1.82. The van der Waals surface area contributed by atoms with Crippen LogP contribution in [0, 0.1) is 5.92 Å². The maximum absolute atomic E-state index is 12.0. The lowest BCUT2D eigenvalue weighted by atomic mass is 9.99. The number of aromatic nitrogens is 1. The van der Waals surface area contributed by atoms with Crippen molar-refractivity contribution in [2.75, 3.05) is 0 Å². The minimum atomic E-state index is -1.08. The summed E-state index contributed by atoms with van der Waals surface area (Å²) in [7, 11) is 0. The van der Waals surface area contributed by atoms with Crippen LogP contribution in [0.4, 0.5) is 0 Å². The van der Waals surface area contributed by atoms with E-state index in [9.17, 15) is 9.59 Å². The first-order valence-corrected chi connectivity index (χ1v) is 6.57. The molecule has 2 aromatic rings. The molecule has 0 fully saturated rings. The van der Waals surface area contributed by atoms with Crippen molar-refractivity contribution in [3.8, 4) is 11.5 Å². The van der Waals surface area contributed by atoms with Gasteiger partial charge in [0.15, 0.2) is 11.5 Å². The Balaban J connectivity index is 2.11. The summed E-state index contributed by atoms with van der Waals surface area (Å²) < 4.78 is 10.1. The second-order valence-corrected chi connectivity index (χ2v) is 4.73. The number of hydrogen-bond acceptors (Lipinski definition) is 5. The number of nitrogens with one attached hydrogen (secondary N) is 1. The van der Waals surface area contributed by atoms with Gasteiger partial charge < -0.3 is 19.4 Å². The number of carbonyl (C=O) groups excluding carboxylic acids is 1. The number of rotatable bonds is 6. The van der Waals surface area contributed by atoms with Crippen molar-refractivity contribution in [2.45, 2.75) is 26.3 Å². The molecule has 2 atom stereocenters. The smallest absolute Gasteiger partial charge is 0.326 e. The minimum absolute atomic E-state index is 0.0101. The Bertz CT molecular complexity index is 617. The first kappa shape index (κ1) is 14.8. The third-order valence-electron chi connectivity index (χ3n) is 3.27. The van der Waals surface area contributed by atoms with Gasteiger partial charge in [0, 0.05) is 6.07 Å². The van der Waals surface area contributed by atoms with Gasteiger partial charge in [-0.15, -0.1) is 0 Å². The van der Waals surface area contributed by atoms with E-state index < -0.39 is 17.9 Å². The highest BCUT2D eigenvalue weighted by atomic mass is 16.5. The van der Waals surface area contributed by atoms with Crippen molar-refractivity contribution in [1.29, 1.82) is 0 Å². The summed E-state index contributed by atoms with van der Waals surface area (Å²) in [4.78, 5) is 23.2. The van der Waals surface area contributed by atoms with Crippen LogP contribution in [-0.2, 0) is 4.79 Å². The summed E-state index contributed by atoms with van der Waals surface area (Å²) >= 11 is 0. The molecule has 112 valence electrons. The average Bonchev–Trinajstić information content (AvgIpc) is 3.12. The van der Waals surface area contributed by atoms with Gasteiger partial charge in [-0.25, -0.2) is 4.79 Å². The maximum Gasteiger partial charge on any atom is 0.326 e. The van der Waals surface area contributed by atoms with Crippen LogP contribution in [0.2, 0.25) is 0 Å². The zero-order chi connectivity index (χ0) is 15.4. The third kappa shape index (κ3) is 3.31. The number of carboxylic acid groups (broad SMARTS) is 1. The lowest BCUT2D eigenvalue weighted by Gasteiger charge is -2.19. The topological polar surface area (TPSA) is 106 Å². The molecule has 2 N–H and O–H groups in total. The zero-order valence-electron chi connectivity index (χ0n) is 11.7. The van der Waals surface area contributed by atoms with E-state index in [0.29, 0.717) is 17.9 Å². The number of carbonyl (C=O) groups is 2. The van der Waals surface area contributed by atoms with E-state index in [0.717, 1.165) is 0 Å². The Morgan fingerprint density at radius 3 is 2.76 bits per heavy atom. The second-order valence-electron chi connectivity index (χ2n) is 4.73. The Morgan fingerprint density at radius 1 is 1.43 bits per heavy atom. The predicted octanol–water partition coefficient (Wildman–Crippen LogP) is 2.16. The van der Waals surface area contributed by atoms with E-state index >= 15 is 0 Å². The molecule has 7 heteroatoms. The van der Waals surface area contributed by atoms with Crippen LogP contribution in [-0.4, -0.2) is 28.2 Å². The molecule has 0 saturated carbocycles. The molecule has 2 heterocycles. The van der Waals surface area contributed by atoms with Crippen molar-refractivity contribution in [3.63, 3.8) is 0 Å². The molecule has 7 nitrogen and oxygen atoms in total. The Labute approximate surface area is 120 Å². The molecule has 0 unspecified atom stereocenters. The summed E-state index contributed by atoms with van der Waals surface area (Å²) in [5.41, 5.74) is 0.0101. The number of amides is 1. The van der Waals surface area contributed by atoms with Crippen molar-refractivity contribution in [2.24, 2.45) is 5.92 Å². The van der Waals surface area contributed by atoms with Crippen LogP contribution in [0.3, 0.4) is 0 Å². The SMILES string of the molecule is CC[C@H](C)[C@H](NC(=O)c1cc(-c2ccco2)on1)C(=O)O. The summed E-state index contributed by atoms with van der Waals surface area (Å²) in [6, 6.07) is 3.79. The molecule has 0 bridgehead atoms. The van der Waals surface area contributed by atoms with E-state index in [4.69, 9.17) is 14.0 Å². The first-order chi connectivity index (χ1) is 10.0. The molecule has 0 aliphatic rings. The molecule has 0 aliphatic carbocycles. The van der Waals surface area contributed by atoms with Gasteiger partial charge in [0.2, 0.25) is 5.76 Å². The molecule has 2 aromatic heterocycles. The van der Waals surface area contributed by atoms with Gasteiger partial charge in [-0.3, -0.25) is 4.79 Å². The third-order valence-corrected chi connectivity index (χ3v) is 3.27. The zero-order valence-corrected chi connectivity index (χ0v) is 11.7. The van der Waals surface area contributed by atoms with Gasteiger partial charge >= 0.3 is 5.97 Å². The summed E-state index contributed by atoms with van der Waals surface area (Å²) in [5.74, 6) is -1.11. The van der Waals surface area contributed by atoms with E-state index in [2.05, 4.69) is 10.5 Å². The predicted molar refractivity (Wildman–Crippen MR) is 72.6 cm³/mol. The molecular formula is C14H16N2O5.